The second-order valence-corrected chi connectivity index (χ2v) is 4.89. The highest BCUT2D eigenvalue weighted by atomic mass is 35.5. The van der Waals surface area contributed by atoms with Crippen LogP contribution in [0.5, 0.6) is 5.75 Å². The van der Waals surface area contributed by atoms with E-state index in [0.29, 0.717) is 18.7 Å². The first-order valence-corrected chi connectivity index (χ1v) is 6.71. The van der Waals surface area contributed by atoms with Gasteiger partial charge in [-0.2, -0.15) is 0 Å². The third-order valence-corrected chi connectivity index (χ3v) is 3.38. The molecule has 1 saturated heterocycles. The van der Waals surface area contributed by atoms with Crippen molar-refractivity contribution >= 4 is 23.4 Å². The van der Waals surface area contributed by atoms with Crippen LogP contribution < -0.4 is 10.6 Å². The van der Waals surface area contributed by atoms with Crippen LogP contribution in [0.15, 0.2) is 18.2 Å². The molecular weight excluding hydrogens is 282 g/mol. The number of phenols is 1. The van der Waals surface area contributed by atoms with Gasteiger partial charge in [0.2, 0.25) is 5.91 Å². The summed E-state index contributed by atoms with van der Waals surface area (Å²) in [5.74, 6) is -0.583. The van der Waals surface area contributed by atoms with Gasteiger partial charge in [0.25, 0.3) is 5.91 Å². The van der Waals surface area contributed by atoms with Crippen molar-refractivity contribution in [3.8, 4) is 5.75 Å². The van der Waals surface area contributed by atoms with E-state index < -0.39 is 5.91 Å². The molecule has 2 rings (SSSR count). The SMILES string of the molecule is O=C(NCC(=O)N1CCNCC1)c1ccc(O)c(Cl)c1. The molecule has 1 aliphatic rings. The van der Waals surface area contributed by atoms with E-state index in [2.05, 4.69) is 10.6 Å². The van der Waals surface area contributed by atoms with E-state index in [1.165, 1.54) is 18.2 Å². The van der Waals surface area contributed by atoms with Gasteiger partial charge in [-0.3, -0.25) is 9.59 Å². The van der Waals surface area contributed by atoms with Crippen molar-refractivity contribution in [3.63, 3.8) is 0 Å². The fourth-order valence-corrected chi connectivity index (χ4v) is 2.11. The maximum atomic E-state index is 11.9. The summed E-state index contributed by atoms with van der Waals surface area (Å²) in [4.78, 5) is 25.4. The first kappa shape index (κ1) is 14.6. The molecule has 1 aromatic carbocycles. The Morgan fingerprint density at radius 3 is 2.70 bits per heavy atom. The van der Waals surface area contributed by atoms with Crippen LogP contribution in [0.4, 0.5) is 0 Å². The van der Waals surface area contributed by atoms with E-state index in [1.54, 1.807) is 4.90 Å². The monoisotopic (exact) mass is 297 g/mol. The lowest BCUT2D eigenvalue weighted by molar-refractivity contribution is -0.130. The zero-order chi connectivity index (χ0) is 14.5. The lowest BCUT2D eigenvalue weighted by Gasteiger charge is -2.27. The van der Waals surface area contributed by atoms with Crippen LogP contribution in [-0.2, 0) is 4.79 Å². The third kappa shape index (κ3) is 3.61. The summed E-state index contributed by atoms with van der Waals surface area (Å²) in [5, 5.41) is 15.1. The topological polar surface area (TPSA) is 81.7 Å². The Labute approximate surface area is 121 Å². The van der Waals surface area contributed by atoms with Crippen molar-refractivity contribution in [2.24, 2.45) is 0 Å². The molecule has 2 amide bonds. The molecule has 1 heterocycles. The molecule has 0 spiro atoms. The number of aromatic hydroxyl groups is 1. The normalized spacial score (nSPS) is 14.9. The van der Waals surface area contributed by atoms with Gasteiger partial charge in [-0.1, -0.05) is 11.6 Å². The summed E-state index contributed by atoms with van der Waals surface area (Å²) in [6.45, 7) is 2.80. The molecule has 7 heteroatoms. The summed E-state index contributed by atoms with van der Waals surface area (Å²) in [6, 6.07) is 4.16. The molecule has 1 aromatic rings. The molecule has 0 unspecified atom stereocenters. The first-order valence-electron chi connectivity index (χ1n) is 6.33. The van der Waals surface area contributed by atoms with E-state index in [9.17, 15) is 14.7 Å². The second kappa shape index (κ2) is 6.58. The Kier molecular flexibility index (Phi) is 4.81. The smallest absolute Gasteiger partial charge is 0.251 e. The molecule has 0 saturated carbocycles. The van der Waals surface area contributed by atoms with Crippen molar-refractivity contribution in [1.29, 1.82) is 0 Å². The fraction of sp³-hybridized carbons (Fsp3) is 0.385. The number of piperazine rings is 1. The highest BCUT2D eigenvalue weighted by Gasteiger charge is 2.17. The minimum absolute atomic E-state index is 0.0443. The summed E-state index contributed by atoms with van der Waals surface area (Å²) >= 11 is 5.73. The summed E-state index contributed by atoms with van der Waals surface area (Å²) in [7, 11) is 0. The molecular formula is C13H16ClN3O3. The molecule has 0 atom stereocenters. The number of nitrogens with zero attached hydrogens (tertiary/aromatic N) is 1. The van der Waals surface area contributed by atoms with Gasteiger partial charge in [0.1, 0.15) is 5.75 Å². The van der Waals surface area contributed by atoms with E-state index >= 15 is 0 Å². The maximum absolute atomic E-state index is 11.9. The van der Waals surface area contributed by atoms with Crippen molar-refractivity contribution in [1.82, 2.24) is 15.5 Å². The molecule has 20 heavy (non-hydrogen) atoms. The predicted molar refractivity (Wildman–Crippen MR) is 74.9 cm³/mol. The van der Waals surface area contributed by atoms with E-state index in [-0.39, 0.29) is 23.2 Å². The highest BCUT2D eigenvalue weighted by molar-refractivity contribution is 6.32. The van der Waals surface area contributed by atoms with Gasteiger partial charge in [0.05, 0.1) is 11.6 Å². The Morgan fingerprint density at radius 2 is 2.05 bits per heavy atom. The number of nitrogens with one attached hydrogen (secondary N) is 2. The van der Waals surface area contributed by atoms with Crippen molar-refractivity contribution in [2.45, 2.75) is 0 Å². The average Bonchev–Trinajstić information content (AvgIpc) is 2.48. The van der Waals surface area contributed by atoms with Crippen LogP contribution in [-0.4, -0.2) is 54.5 Å². The van der Waals surface area contributed by atoms with Gasteiger partial charge in [-0.05, 0) is 18.2 Å². The first-order chi connectivity index (χ1) is 9.58. The number of rotatable bonds is 3. The van der Waals surface area contributed by atoms with Crippen LogP contribution >= 0.6 is 11.6 Å². The molecule has 1 fully saturated rings. The summed E-state index contributed by atoms with van der Waals surface area (Å²) < 4.78 is 0. The summed E-state index contributed by atoms with van der Waals surface area (Å²) in [6.07, 6.45) is 0. The molecule has 0 aliphatic carbocycles. The van der Waals surface area contributed by atoms with Crippen LogP contribution in [0.2, 0.25) is 5.02 Å². The van der Waals surface area contributed by atoms with Crippen molar-refractivity contribution in [3.05, 3.63) is 28.8 Å². The maximum Gasteiger partial charge on any atom is 0.251 e. The minimum Gasteiger partial charge on any atom is -0.506 e. The molecule has 0 aromatic heterocycles. The number of phenolic OH excluding ortho intramolecular Hbond substituents is 1. The number of amides is 2. The largest absolute Gasteiger partial charge is 0.506 e. The molecule has 108 valence electrons. The van der Waals surface area contributed by atoms with Crippen molar-refractivity contribution < 1.29 is 14.7 Å². The third-order valence-electron chi connectivity index (χ3n) is 3.08. The predicted octanol–water partition coefficient (Wildman–Crippen LogP) is 0.207. The lowest BCUT2D eigenvalue weighted by Crippen LogP contribution is -2.49. The Morgan fingerprint density at radius 1 is 1.35 bits per heavy atom. The highest BCUT2D eigenvalue weighted by Crippen LogP contribution is 2.23. The van der Waals surface area contributed by atoms with Gasteiger partial charge in [-0.25, -0.2) is 0 Å². The Bertz CT molecular complexity index is 516. The van der Waals surface area contributed by atoms with Gasteiger partial charge < -0.3 is 20.6 Å². The number of halogens is 1. The van der Waals surface area contributed by atoms with E-state index in [1.807, 2.05) is 0 Å². The molecule has 1 aliphatic heterocycles. The fourth-order valence-electron chi connectivity index (χ4n) is 1.93. The zero-order valence-corrected chi connectivity index (χ0v) is 11.6. The van der Waals surface area contributed by atoms with Crippen LogP contribution in [0.1, 0.15) is 10.4 Å². The molecule has 3 N–H and O–H groups in total. The van der Waals surface area contributed by atoms with Gasteiger partial charge in [-0.15, -0.1) is 0 Å². The van der Waals surface area contributed by atoms with Crippen LogP contribution in [0.3, 0.4) is 0 Å². The number of benzene rings is 1. The minimum atomic E-state index is -0.393. The Hall–Kier alpha value is -1.79. The van der Waals surface area contributed by atoms with Gasteiger partial charge >= 0.3 is 0 Å². The number of hydrogen-bond donors (Lipinski definition) is 3. The Balaban J connectivity index is 1.88. The molecule has 0 bridgehead atoms. The number of carbonyl (C=O) groups is 2. The molecule has 6 nitrogen and oxygen atoms in total. The summed E-state index contributed by atoms with van der Waals surface area (Å²) in [5.41, 5.74) is 0.306. The average molecular weight is 298 g/mol. The van der Waals surface area contributed by atoms with Crippen LogP contribution in [0, 0.1) is 0 Å². The van der Waals surface area contributed by atoms with Gasteiger partial charge in [0.15, 0.2) is 0 Å². The zero-order valence-electron chi connectivity index (χ0n) is 10.9. The van der Waals surface area contributed by atoms with Crippen molar-refractivity contribution in [2.75, 3.05) is 32.7 Å². The van der Waals surface area contributed by atoms with E-state index in [4.69, 9.17) is 11.6 Å². The standard InChI is InChI=1S/C13H16ClN3O3/c14-10-7-9(1-2-11(10)18)13(20)16-8-12(19)17-5-3-15-4-6-17/h1-2,7,15,18H,3-6,8H2,(H,16,20). The van der Waals surface area contributed by atoms with Crippen LogP contribution in [0.25, 0.3) is 0 Å². The second-order valence-electron chi connectivity index (χ2n) is 4.48. The van der Waals surface area contributed by atoms with E-state index in [0.717, 1.165) is 13.1 Å². The van der Waals surface area contributed by atoms with Gasteiger partial charge in [0, 0.05) is 31.7 Å². The number of carbonyl (C=O) groups excluding carboxylic acids is 2. The number of hydrogen-bond acceptors (Lipinski definition) is 4. The lowest BCUT2D eigenvalue weighted by atomic mass is 10.2. The molecule has 0 radical (unpaired) electrons. The quantitative estimate of drug-likeness (QED) is 0.745.